The molecule has 0 aromatic carbocycles. The summed E-state index contributed by atoms with van der Waals surface area (Å²) >= 11 is 0. The fraction of sp³-hybridized carbons (Fsp3) is 0.818. The zero-order valence-electron chi connectivity index (χ0n) is 9.70. The molecule has 0 aromatic heterocycles. The lowest BCUT2D eigenvalue weighted by atomic mass is 10.0. The van der Waals surface area contributed by atoms with Crippen molar-refractivity contribution in [2.75, 3.05) is 18.8 Å². The van der Waals surface area contributed by atoms with E-state index >= 15 is 0 Å². The second kappa shape index (κ2) is 6.24. The van der Waals surface area contributed by atoms with Gasteiger partial charge in [-0.05, 0) is 38.8 Å². The SMILES string of the molecule is C#CCC(C)NS(=O)(=O)CC1CCCNC1. The third-order valence-electron chi connectivity index (χ3n) is 2.66. The van der Waals surface area contributed by atoms with Gasteiger partial charge in [0, 0.05) is 12.5 Å². The molecular formula is C11H20N2O2S. The average molecular weight is 244 g/mol. The largest absolute Gasteiger partial charge is 0.316 e. The van der Waals surface area contributed by atoms with E-state index in [2.05, 4.69) is 16.0 Å². The van der Waals surface area contributed by atoms with Crippen molar-refractivity contribution < 1.29 is 8.42 Å². The normalized spacial score (nSPS) is 23.6. The van der Waals surface area contributed by atoms with Crippen LogP contribution in [0.25, 0.3) is 0 Å². The predicted octanol–water partition coefficient (Wildman–Crippen LogP) is 0.317. The Bertz CT molecular complexity index is 339. The summed E-state index contributed by atoms with van der Waals surface area (Å²) in [6.07, 6.45) is 7.61. The van der Waals surface area contributed by atoms with Crippen LogP contribution in [0.5, 0.6) is 0 Å². The molecule has 1 heterocycles. The minimum atomic E-state index is -3.19. The highest BCUT2D eigenvalue weighted by molar-refractivity contribution is 7.89. The zero-order valence-corrected chi connectivity index (χ0v) is 10.5. The molecule has 1 rings (SSSR count). The van der Waals surface area contributed by atoms with Crippen LogP contribution in [-0.2, 0) is 10.0 Å². The lowest BCUT2D eigenvalue weighted by Crippen LogP contribution is -2.40. The number of hydrogen-bond acceptors (Lipinski definition) is 3. The van der Waals surface area contributed by atoms with E-state index in [0.717, 1.165) is 25.9 Å². The fourth-order valence-corrected chi connectivity index (χ4v) is 3.65. The summed E-state index contributed by atoms with van der Waals surface area (Å²) in [7, 11) is -3.19. The molecule has 0 amide bonds. The van der Waals surface area contributed by atoms with Crippen molar-refractivity contribution in [3.8, 4) is 12.3 Å². The molecule has 1 saturated heterocycles. The Morgan fingerprint density at radius 2 is 2.38 bits per heavy atom. The van der Waals surface area contributed by atoms with Crippen LogP contribution in [0.1, 0.15) is 26.2 Å². The number of rotatable bonds is 5. The van der Waals surface area contributed by atoms with Crippen LogP contribution in [-0.4, -0.2) is 33.3 Å². The van der Waals surface area contributed by atoms with Gasteiger partial charge in [-0.1, -0.05) is 0 Å². The second-order valence-electron chi connectivity index (χ2n) is 4.42. The highest BCUT2D eigenvalue weighted by Crippen LogP contribution is 2.12. The van der Waals surface area contributed by atoms with Crippen LogP contribution < -0.4 is 10.0 Å². The van der Waals surface area contributed by atoms with Crippen molar-refractivity contribution in [3.05, 3.63) is 0 Å². The molecule has 16 heavy (non-hydrogen) atoms. The minimum Gasteiger partial charge on any atom is -0.316 e. The number of sulfonamides is 1. The van der Waals surface area contributed by atoms with E-state index in [1.807, 2.05) is 0 Å². The topological polar surface area (TPSA) is 58.2 Å². The Morgan fingerprint density at radius 1 is 1.62 bits per heavy atom. The summed E-state index contributed by atoms with van der Waals surface area (Å²) in [4.78, 5) is 0. The number of nitrogens with one attached hydrogen (secondary N) is 2. The van der Waals surface area contributed by atoms with Crippen molar-refractivity contribution in [2.24, 2.45) is 5.92 Å². The van der Waals surface area contributed by atoms with Gasteiger partial charge in [-0.15, -0.1) is 12.3 Å². The van der Waals surface area contributed by atoms with Gasteiger partial charge in [-0.2, -0.15) is 0 Å². The first-order valence-corrected chi connectivity index (χ1v) is 7.33. The molecule has 0 spiro atoms. The van der Waals surface area contributed by atoms with Gasteiger partial charge in [0.05, 0.1) is 5.75 Å². The van der Waals surface area contributed by atoms with E-state index in [1.54, 1.807) is 6.92 Å². The molecule has 5 heteroatoms. The van der Waals surface area contributed by atoms with Crippen LogP contribution in [0.4, 0.5) is 0 Å². The molecule has 2 N–H and O–H groups in total. The molecule has 0 bridgehead atoms. The van der Waals surface area contributed by atoms with Crippen molar-refractivity contribution in [3.63, 3.8) is 0 Å². The molecule has 4 nitrogen and oxygen atoms in total. The maximum absolute atomic E-state index is 11.8. The Kier molecular flexibility index (Phi) is 5.26. The Balaban J connectivity index is 2.41. The molecule has 1 aliphatic rings. The summed E-state index contributed by atoms with van der Waals surface area (Å²) in [5.41, 5.74) is 0. The average Bonchev–Trinajstić information content (AvgIpc) is 2.17. The number of hydrogen-bond donors (Lipinski definition) is 2. The van der Waals surface area contributed by atoms with Gasteiger partial charge in [0.2, 0.25) is 10.0 Å². The zero-order chi connectivity index (χ0) is 12.0. The standard InChI is InChI=1S/C11H20N2O2S/c1-3-5-10(2)13-16(14,15)9-11-6-4-7-12-8-11/h1,10-13H,4-9H2,2H3. The monoisotopic (exact) mass is 244 g/mol. The van der Waals surface area contributed by atoms with Gasteiger partial charge in [0.15, 0.2) is 0 Å². The first-order valence-electron chi connectivity index (χ1n) is 5.67. The summed E-state index contributed by atoms with van der Waals surface area (Å²) in [5.74, 6) is 2.88. The second-order valence-corrected chi connectivity index (χ2v) is 6.22. The molecule has 1 fully saturated rings. The first kappa shape index (κ1) is 13.5. The van der Waals surface area contributed by atoms with E-state index in [0.29, 0.717) is 6.42 Å². The van der Waals surface area contributed by atoms with Gasteiger partial charge in [-0.3, -0.25) is 0 Å². The van der Waals surface area contributed by atoms with E-state index in [1.165, 1.54) is 0 Å². The smallest absolute Gasteiger partial charge is 0.212 e. The van der Waals surface area contributed by atoms with Gasteiger partial charge >= 0.3 is 0 Å². The van der Waals surface area contributed by atoms with Crippen LogP contribution in [0.2, 0.25) is 0 Å². The molecule has 0 radical (unpaired) electrons. The molecule has 1 aliphatic heterocycles. The van der Waals surface area contributed by atoms with Crippen LogP contribution in [0, 0.1) is 18.3 Å². The predicted molar refractivity (Wildman–Crippen MR) is 65.4 cm³/mol. The highest BCUT2D eigenvalue weighted by Gasteiger charge is 2.22. The van der Waals surface area contributed by atoms with Gasteiger partial charge < -0.3 is 5.32 Å². The van der Waals surface area contributed by atoms with Gasteiger partial charge in [0.1, 0.15) is 0 Å². The van der Waals surface area contributed by atoms with Crippen molar-refractivity contribution >= 4 is 10.0 Å². The molecule has 2 unspecified atom stereocenters. The Labute approximate surface area is 98.2 Å². The first-order chi connectivity index (χ1) is 7.53. The molecule has 0 saturated carbocycles. The van der Waals surface area contributed by atoms with Gasteiger partial charge in [0.25, 0.3) is 0 Å². The Hall–Kier alpha value is -0.570. The maximum atomic E-state index is 11.8. The number of piperidine rings is 1. The molecule has 2 atom stereocenters. The Morgan fingerprint density at radius 3 is 2.94 bits per heavy atom. The van der Waals surface area contributed by atoms with Crippen LogP contribution >= 0.6 is 0 Å². The quantitative estimate of drug-likeness (QED) is 0.685. The third-order valence-corrected chi connectivity index (χ3v) is 4.33. The lowest BCUT2D eigenvalue weighted by Gasteiger charge is -2.23. The maximum Gasteiger partial charge on any atom is 0.212 e. The highest BCUT2D eigenvalue weighted by atomic mass is 32.2. The van der Waals surface area contributed by atoms with E-state index in [4.69, 9.17) is 6.42 Å². The van der Waals surface area contributed by atoms with Crippen LogP contribution in [0.3, 0.4) is 0 Å². The van der Waals surface area contributed by atoms with Gasteiger partial charge in [-0.25, -0.2) is 13.1 Å². The lowest BCUT2D eigenvalue weighted by molar-refractivity contribution is 0.402. The molecule has 0 aromatic rings. The van der Waals surface area contributed by atoms with E-state index < -0.39 is 10.0 Å². The molecule has 0 aliphatic carbocycles. The molecular weight excluding hydrogens is 224 g/mol. The van der Waals surface area contributed by atoms with Crippen LogP contribution in [0.15, 0.2) is 0 Å². The number of terminal acetylenes is 1. The summed E-state index contributed by atoms with van der Waals surface area (Å²) in [6.45, 7) is 3.58. The van der Waals surface area contributed by atoms with Crippen molar-refractivity contribution in [1.82, 2.24) is 10.0 Å². The van der Waals surface area contributed by atoms with E-state index in [9.17, 15) is 8.42 Å². The molecule has 92 valence electrons. The van der Waals surface area contributed by atoms with Crippen molar-refractivity contribution in [1.29, 1.82) is 0 Å². The third kappa shape index (κ3) is 4.97. The summed E-state index contributed by atoms with van der Waals surface area (Å²) in [5, 5.41) is 3.21. The summed E-state index contributed by atoms with van der Waals surface area (Å²) in [6, 6.07) is -0.174. The van der Waals surface area contributed by atoms with Crippen molar-refractivity contribution in [2.45, 2.75) is 32.2 Å². The minimum absolute atomic E-state index is 0.174. The fourth-order valence-electron chi connectivity index (χ4n) is 1.95. The van der Waals surface area contributed by atoms with E-state index in [-0.39, 0.29) is 17.7 Å². The summed E-state index contributed by atoms with van der Waals surface area (Å²) < 4.78 is 26.2.